The maximum atomic E-state index is 13.1. The first-order valence-electron chi connectivity index (χ1n) is 10.2. The molecule has 3 aromatic rings. The maximum Gasteiger partial charge on any atom is 0.228 e. The molecule has 0 fully saturated rings. The quantitative estimate of drug-likeness (QED) is 0.254. The second-order valence-corrected chi connectivity index (χ2v) is 10.2. The molecule has 0 atom stereocenters. The Bertz CT molecular complexity index is 985. The van der Waals surface area contributed by atoms with Crippen molar-refractivity contribution in [3.8, 4) is 0 Å². The van der Waals surface area contributed by atoms with Gasteiger partial charge in [0, 0.05) is 17.9 Å². The lowest BCUT2D eigenvalue weighted by Gasteiger charge is -2.21. The number of anilines is 1. The van der Waals surface area contributed by atoms with E-state index in [0.29, 0.717) is 23.1 Å². The highest BCUT2D eigenvalue weighted by molar-refractivity contribution is 7.99. The molecule has 0 radical (unpaired) electrons. The monoisotopic (exact) mass is 479 g/mol. The predicted octanol–water partition coefficient (Wildman–Crippen LogP) is 6.25. The molecule has 0 unspecified atom stereocenters. The normalized spacial score (nSPS) is 11.4. The number of amides is 1. The first-order chi connectivity index (χ1) is 14.8. The van der Waals surface area contributed by atoms with Crippen molar-refractivity contribution in [1.29, 1.82) is 0 Å². The second-order valence-electron chi connectivity index (χ2n) is 7.65. The molecule has 0 saturated heterocycles. The van der Waals surface area contributed by atoms with E-state index >= 15 is 0 Å². The van der Waals surface area contributed by atoms with Crippen LogP contribution in [0.1, 0.15) is 24.8 Å². The third kappa shape index (κ3) is 6.65. The van der Waals surface area contributed by atoms with Crippen molar-refractivity contribution >= 4 is 56.0 Å². The van der Waals surface area contributed by atoms with E-state index in [2.05, 4.69) is 4.90 Å². The number of halogens is 2. The Kier molecular flexibility index (Phi) is 8.72. The molecule has 0 spiro atoms. The summed E-state index contributed by atoms with van der Waals surface area (Å²) in [5, 5.41) is 1.38. The van der Waals surface area contributed by atoms with Crippen molar-refractivity contribution in [3.63, 3.8) is 0 Å². The summed E-state index contributed by atoms with van der Waals surface area (Å²) in [6, 6.07) is 10.3. The molecule has 0 bridgehead atoms. The molecule has 1 aromatic heterocycles. The van der Waals surface area contributed by atoms with Gasteiger partial charge in [-0.25, -0.2) is 9.37 Å². The number of aryl methyl sites for hydroxylation is 1. The molecule has 4 nitrogen and oxygen atoms in total. The van der Waals surface area contributed by atoms with Gasteiger partial charge in [-0.15, -0.1) is 11.8 Å². The fraction of sp³-hybridized carbons (Fsp3) is 0.391. The summed E-state index contributed by atoms with van der Waals surface area (Å²) < 4.78 is 14.0. The molecule has 31 heavy (non-hydrogen) atoms. The number of aromatic nitrogens is 1. The Hall–Kier alpha value is -1.67. The second kappa shape index (κ2) is 11.3. The van der Waals surface area contributed by atoms with Crippen LogP contribution in [0.2, 0.25) is 5.02 Å². The zero-order valence-electron chi connectivity index (χ0n) is 18.0. The number of carbonyl (C=O) groups is 1. The number of carbonyl (C=O) groups excluding carboxylic acids is 1. The van der Waals surface area contributed by atoms with Crippen LogP contribution < -0.4 is 4.90 Å². The minimum absolute atomic E-state index is 0.0753. The van der Waals surface area contributed by atoms with Gasteiger partial charge in [-0.1, -0.05) is 29.0 Å². The average molecular weight is 480 g/mol. The molecule has 8 heteroatoms. The van der Waals surface area contributed by atoms with E-state index in [0.717, 1.165) is 45.8 Å². The number of thiazole rings is 1. The molecule has 2 aromatic carbocycles. The number of rotatable bonds is 10. The summed E-state index contributed by atoms with van der Waals surface area (Å²) >= 11 is 9.49. The van der Waals surface area contributed by atoms with E-state index in [1.807, 2.05) is 38.1 Å². The van der Waals surface area contributed by atoms with Crippen LogP contribution in [0.4, 0.5) is 9.52 Å². The zero-order valence-corrected chi connectivity index (χ0v) is 20.4. The lowest BCUT2D eigenvalue weighted by atomic mass is 10.2. The Morgan fingerprint density at radius 3 is 2.55 bits per heavy atom. The summed E-state index contributed by atoms with van der Waals surface area (Å²) in [6.07, 6.45) is 2.06. The number of hydrogen-bond acceptors (Lipinski definition) is 5. The molecule has 0 N–H and O–H groups in total. The van der Waals surface area contributed by atoms with Gasteiger partial charge in [-0.3, -0.25) is 9.69 Å². The highest BCUT2D eigenvalue weighted by Gasteiger charge is 2.20. The Morgan fingerprint density at radius 1 is 1.13 bits per heavy atom. The van der Waals surface area contributed by atoms with Crippen LogP contribution in [0, 0.1) is 12.7 Å². The lowest BCUT2D eigenvalue weighted by Crippen LogP contribution is -2.33. The van der Waals surface area contributed by atoms with E-state index < -0.39 is 0 Å². The number of thioether (sulfide) groups is 1. The van der Waals surface area contributed by atoms with Crippen molar-refractivity contribution in [2.45, 2.75) is 31.1 Å². The highest BCUT2D eigenvalue weighted by Crippen LogP contribution is 2.36. The average Bonchev–Trinajstić information content (AvgIpc) is 3.19. The van der Waals surface area contributed by atoms with Crippen molar-refractivity contribution in [3.05, 3.63) is 52.8 Å². The van der Waals surface area contributed by atoms with Gasteiger partial charge in [0.2, 0.25) is 5.91 Å². The van der Waals surface area contributed by atoms with Crippen molar-refractivity contribution < 1.29 is 9.18 Å². The van der Waals surface area contributed by atoms with Gasteiger partial charge in [-0.2, -0.15) is 0 Å². The zero-order chi connectivity index (χ0) is 22.4. The third-order valence-electron chi connectivity index (χ3n) is 4.82. The van der Waals surface area contributed by atoms with Gasteiger partial charge >= 0.3 is 0 Å². The highest BCUT2D eigenvalue weighted by atomic mass is 35.5. The number of nitrogens with zero attached hydrogens (tertiary/aromatic N) is 3. The smallest absolute Gasteiger partial charge is 0.228 e. The molecule has 3 rings (SSSR count). The molecular formula is C23H27ClFN3OS2. The Balaban J connectivity index is 1.67. The molecule has 0 aliphatic carbocycles. The van der Waals surface area contributed by atoms with E-state index in [1.165, 1.54) is 23.5 Å². The molecule has 166 valence electrons. The number of benzene rings is 2. The Morgan fingerprint density at radius 2 is 1.87 bits per heavy atom. The summed E-state index contributed by atoms with van der Waals surface area (Å²) in [6.45, 7) is 3.53. The summed E-state index contributed by atoms with van der Waals surface area (Å²) in [5.41, 5.74) is 1.92. The lowest BCUT2D eigenvalue weighted by molar-refractivity contribution is -0.118. The SMILES string of the molecule is Cc1ccc(Cl)c2sc(N(CCCN(C)C)C(=O)CCCSc3ccc(F)cc3)nc12. The largest absolute Gasteiger partial charge is 0.309 e. The van der Waals surface area contributed by atoms with Crippen LogP contribution in [0.5, 0.6) is 0 Å². The van der Waals surface area contributed by atoms with E-state index in [9.17, 15) is 9.18 Å². The van der Waals surface area contributed by atoms with Crippen LogP contribution in [-0.2, 0) is 4.79 Å². The maximum absolute atomic E-state index is 13.1. The first-order valence-corrected chi connectivity index (χ1v) is 12.4. The van der Waals surface area contributed by atoms with Crippen molar-refractivity contribution in [2.75, 3.05) is 37.8 Å². The molecular weight excluding hydrogens is 453 g/mol. The van der Waals surface area contributed by atoms with Crippen LogP contribution in [0.15, 0.2) is 41.3 Å². The Labute approximate surface area is 196 Å². The predicted molar refractivity (Wildman–Crippen MR) is 131 cm³/mol. The van der Waals surface area contributed by atoms with Crippen LogP contribution >= 0.6 is 34.7 Å². The minimum Gasteiger partial charge on any atom is -0.309 e. The fourth-order valence-corrected chi connectivity index (χ4v) is 5.37. The summed E-state index contributed by atoms with van der Waals surface area (Å²) in [7, 11) is 4.05. The van der Waals surface area contributed by atoms with Crippen molar-refractivity contribution in [1.82, 2.24) is 9.88 Å². The van der Waals surface area contributed by atoms with Gasteiger partial charge in [0.25, 0.3) is 0 Å². The molecule has 0 aliphatic rings. The molecule has 0 aliphatic heterocycles. The first kappa shape index (κ1) is 24.0. The standard InChI is InChI=1S/C23H27ClFN3OS2/c1-16-7-12-19(24)22-21(16)26-23(31-22)28(14-5-13-27(2)3)20(29)6-4-15-30-18-10-8-17(25)9-11-18/h7-12H,4-6,13-15H2,1-3H3. The summed E-state index contributed by atoms with van der Waals surface area (Å²) in [4.78, 5) is 22.8. The van der Waals surface area contributed by atoms with Gasteiger partial charge in [0.05, 0.1) is 15.2 Å². The molecule has 1 amide bonds. The molecule has 0 saturated carbocycles. The third-order valence-corrected chi connectivity index (χ3v) is 7.46. The topological polar surface area (TPSA) is 36.4 Å². The number of fused-ring (bicyclic) bond motifs is 1. The summed E-state index contributed by atoms with van der Waals surface area (Å²) in [5.74, 6) is 0.638. The van der Waals surface area contributed by atoms with Crippen molar-refractivity contribution in [2.24, 2.45) is 0 Å². The van der Waals surface area contributed by atoms with E-state index in [-0.39, 0.29) is 11.7 Å². The number of hydrogen-bond donors (Lipinski definition) is 0. The van der Waals surface area contributed by atoms with Crippen LogP contribution in [-0.4, -0.2) is 48.7 Å². The van der Waals surface area contributed by atoms with Crippen LogP contribution in [0.25, 0.3) is 10.2 Å². The van der Waals surface area contributed by atoms with E-state index in [1.54, 1.807) is 23.9 Å². The van der Waals surface area contributed by atoms with Gasteiger partial charge in [0.15, 0.2) is 5.13 Å². The van der Waals surface area contributed by atoms with Gasteiger partial charge in [0.1, 0.15) is 5.82 Å². The minimum atomic E-state index is -0.237. The van der Waals surface area contributed by atoms with Gasteiger partial charge < -0.3 is 4.90 Å². The molecule has 1 heterocycles. The fourth-order valence-electron chi connectivity index (χ4n) is 3.16. The van der Waals surface area contributed by atoms with Crippen LogP contribution in [0.3, 0.4) is 0 Å². The van der Waals surface area contributed by atoms with Gasteiger partial charge in [-0.05, 0) is 82.1 Å². The van der Waals surface area contributed by atoms with E-state index in [4.69, 9.17) is 16.6 Å².